The van der Waals surface area contributed by atoms with Gasteiger partial charge in [0.1, 0.15) is 0 Å². The third-order valence-corrected chi connectivity index (χ3v) is 13.6. The lowest BCUT2D eigenvalue weighted by molar-refractivity contribution is 0.740. The van der Waals surface area contributed by atoms with Crippen LogP contribution in [-0.2, 0) is 0 Å². The molecule has 0 radical (unpaired) electrons. The van der Waals surface area contributed by atoms with E-state index in [9.17, 15) is 0 Å². The number of nitrogens with zero attached hydrogens (tertiary/aromatic N) is 2. The molecule has 0 aliphatic carbocycles. The van der Waals surface area contributed by atoms with Crippen molar-refractivity contribution in [2.24, 2.45) is 10.9 Å². The molecule has 326 valence electrons. The minimum absolute atomic E-state index is 0.289. The van der Waals surface area contributed by atoms with Crippen LogP contribution in [0.5, 0.6) is 0 Å². The van der Waals surface area contributed by atoms with Crippen LogP contribution in [0.4, 0.5) is 22.7 Å². The van der Waals surface area contributed by atoms with Crippen LogP contribution in [0.1, 0.15) is 31.4 Å². The van der Waals surface area contributed by atoms with Crippen LogP contribution < -0.4 is 4.90 Å². The van der Waals surface area contributed by atoms with Gasteiger partial charge in [0.15, 0.2) is 0 Å². The summed E-state index contributed by atoms with van der Waals surface area (Å²) in [5.41, 5.74) is 17.4. The van der Waals surface area contributed by atoms with Crippen LogP contribution in [0.3, 0.4) is 0 Å². The third-order valence-electron chi connectivity index (χ3n) is 13.6. The van der Waals surface area contributed by atoms with Crippen molar-refractivity contribution in [1.82, 2.24) is 0 Å². The normalized spacial score (nSPS) is 12.1. The molecule has 0 aromatic heterocycles. The smallest absolute Gasteiger partial charge is 0.0741 e. The summed E-state index contributed by atoms with van der Waals surface area (Å²) < 4.78 is 0. The molecule has 11 aromatic carbocycles. The number of rotatable bonds is 11. The summed E-state index contributed by atoms with van der Waals surface area (Å²) in [5, 5.41) is 7.21. The summed E-state index contributed by atoms with van der Waals surface area (Å²) in [6, 6.07) is 88.2. The Kier molecular flexibility index (Phi) is 11.5. The van der Waals surface area contributed by atoms with Gasteiger partial charge in [0.25, 0.3) is 0 Å². The van der Waals surface area contributed by atoms with E-state index in [1.807, 2.05) is 0 Å². The van der Waals surface area contributed by atoms with Crippen molar-refractivity contribution in [1.29, 1.82) is 0 Å². The highest BCUT2D eigenvalue weighted by Gasteiger charge is 2.20. The van der Waals surface area contributed by atoms with Gasteiger partial charge >= 0.3 is 0 Å². The largest absolute Gasteiger partial charge is 0.310 e. The number of anilines is 3. The Morgan fingerprint density at radius 1 is 0.412 bits per heavy atom. The lowest BCUT2D eigenvalue weighted by Gasteiger charge is -2.28. The summed E-state index contributed by atoms with van der Waals surface area (Å²) in [6.07, 6.45) is 1.00. The number of aryl methyl sites for hydroxylation is 1. The van der Waals surface area contributed by atoms with Gasteiger partial charge in [-0.15, -0.1) is 0 Å². The van der Waals surface area contributed by atoms with E-state index in [4.69, 9.17) is 4.99 Å². The van der Waals surface area contributed by atoms with Crippen LogP contribution in [-0.4, -0.2) is 5.71 Å². The van der Waals surface area contributed by atoms with Crippen molar-refractivity contribution in [3.8, 4) is 44.5 Å². The van der Waals surface area contributed by atoms with E-state index < -0.39 is 0 Å². The number of aliphatic imine (C=N–C) groups is 1. The second-order valence-corrected chi connectivity index (χ2v) is 17.9. The van der Waals surface area contributed by atoms with E-state index in [-0.39, 0.29) is 5.92 Å². The first kappa shape index (κ1) is 42.3. The van der Waals surface area contributed by atoms with Crippen LogP contribution in [0, 0.1) is 12.8 Å². The molecule has 68 heavy (non-hydrogen) atoms. The maximum Gasteiger partial charge on any atom is 0.0741 e. The fourth-order valence-electron chi connectivity index (χ4n) is 9.92. The molecule has 0 fully saturated rings. The molecule has 0 saturated heterocycles. The van der Waals surface area contributed by atoms with E-state index in [1.165, 1.54) is 65.9 Å². The van der Waals surface area contributed by atoms with E-state index in [2.05, 4.69) is 268 Å². The Morgan fingerprint density at radius 2 is 0.985 bits per heavy atom. The second-order valence-electron chi connectivity index (χ2n) is 17.9. The Bertz CT molecular complexity index is 3630. The van der Waals surface area contributed by atoms with E-state index in [1.54, 1.807) is 0 Å². The maximum absolute atomic E-state index is 5.59. The molecule has 0 amide bonds. The number of benzene rings is 11. The number of fused-ring (bicyclic) bond motifs is 3. The van der Waals surface area contributed by atoms with Gasteiger partial charge in [-0.25, -0.2) is 0 Å². The van der Waals surface area contributed by atoms with Crippen molar-refractivity contribution in [3.63, 3.8) is 0 Å². The molecule has 2 heteroatoms. The Morgan fingerprint density at radius 3 is 1.72 bits per heavy atom. The molecular weight excluding hydrogens is 821 g/mol. The first-order valence-corrected chi connectivity index (χ1v) is 23.8. The molecule has 0 spiro atoms. The highest BCUT2D eigenvalue weighted by Crippen LogP contribution is 2.44. The fourth-order valence-corrected chi connectivity index (χ4v) is 9.92. The molecule has 0 saturated carbocycles. The molecule has 1 unspecified atom stereocenters. The summed E-state index contributed by atoms with van der Waals surface area (Å²) in [6.45, 7) is 6.77. The maximum atomic E-state index is 5.59. The van der Waals surface area contributed by atoms with Crippen LogP contribution in [0.15, 0.2) is 248 Å². The average Bonchev–Trinajstić information content (AvgIpc) is 3.41. The SMILES string of the molecule is CCC(C)C(=Nc1c(C)cc(-c2cccc(-c3cc(N(c4ccccc4)c4ccc(-c5ccccc5-c5ccccc5)cc4)c4ccccc4c3)c2)c2ccccc12)c1ccc2ccccc2c1. The van der Waals surface area contributed by atoms with Crippen molar-refractivity contribution < 1.29 is 0 Å². The highest BCUT2D eigenvalue weighted by atomic mass is 15.1. The van der Waals surface area contributed by atoms with Gasteiger partial charge in [-0.2, -0.15) is 0 Å². The van der Waals surface area contributed by atoms with Crippen LogP contribution in [0.2, 0.25) is 0 Å². The summed E-state index contributed by atoms with van der Waals surface area (Å²) in [4.78, 5) is 7.99. The lowest BCUT2D eigenvalue weighted by Crippen LogP contribution is -2.12. The zero-order valence-electron chi connectivity index (χ0n) is 38.8. The van der Waals surface area contributed by atoms with Gasteiger partial charge in [-0.1, -0.05) is 202 Å². The Balaban J connectivity index is 1.01. The summed E-state index contributed by atoms with van der Waals surface area (Å²) >= 11 is 0. The molecule has 11 aromatic rings. The van der Waals surface area contributed by atoms with Gasteiger partial charge in [-0.3, -0.25) is 4.99 Å². The van der Waals surface area contributed by atoms with Crippen molar-refractivity contribution >= 4 is 60.8 Å². The molecule has 0 N–H and O–H groups in total. The quantitative estimate of drug-likeness (QED) is 0.118. The average molecular weight is 873 g/mol. The van der Waals surface area contributed by atoms with Crippen molar-refractivity contribution in [2.75, 3.05) is 4.90 Å². The lowest BCUT2D eigenvalue weighted by atomic mass is 9.91. The summed E-state index contributed by atoms with van der Waals surface area (Å²) in [7, 11) is 0. The third kappa shape index (κ3) is 8.16. The predicted molar refractivity (Wildman–Crippen MR) is 292 cm³/mol. The topological polar surface area (TPSA) is 15.6 Å². The molecule has 0 heterocycles. The number of hydrogen-bond donors (Lipinski definition) is 0. The zero-order chi connectivity index (χ0) is 46.0. The summed E-state index contributed by atoms with van der Waals surface area (Å²) in [5.74, 6) is 0.289. The van der Waals surface area contributed by atoms with Gasteiger partial charge in [0.05, 0.1) is 17.1 Å². The van der Waals surface area contributed by atoms with Crippen LogP contribution in [0.25, 0.3) is 76.8 Å². The van der Waals surface area contributed by atoms with Gasteiger partial charge in [0, 0.05) is 22.1 Å². The second kappa shape index (κ2) is 18.5. The molecule has 11 rings (SSSR count). The monoisotopic (exact) mass is 872 g/mol. The zero-order valence-corrected chi connectivity index (χ0v) is 38.8. The first-order valence-electron chi connectivity index (χ1n) is 23.8. The number of hydrogen-bond acceptors (Lipinski definition) is 2. The standard InChI is InChI=1S/C66H52N2/c1-4-45(2)65(54-35-34-47-20-11-12-23-50(47)42-54)67-66-46(3)40-63(61-32-17-18-33-62(61)66)53-26-19-25-51(41-53)55-43-52-24-13-14-31-60(52)64(44-55)68(56-27-9-6-10-28-56)57-38-36-49(37-39-57)59-30-16-15-29-58(59)48-21-7-5-8-22-48/h5-45H,4H2,1-3H3. The fraction of sp³-hybridized carbons (Fsp3) is 0.0758. The molecule has 1 atom stereocenters. The Labute approximate surface area is 400 Å². The first-order chi connectivity index (χ1) is 33.5. The van der Waals surface area contributed by atoms with Crippen molar-refractivity contribution in [2.45, 2.75) is 27.2 Å². The van der Waals surface area contributed by atoms with E-state index >= 15 is 0 Å². The predicted octanol–water partition coefficient (Wildman–Crippen LogP) is 18.8. The van der Waals surface area contributed by atoms with Gasteiger partial charge in [0.2, 0.25) is 0 Å². The number of para-hydroxylation sites is 1. The van der Waals surface area contributed by atoms with Gasteiger partial charge < -0.3 is 4.90 Å². The Hall–Kier alpha value is -8.33. The molecular formula is C66H52N2. The van der Waals surface area contributed by atoms with E-state index in [0.717, 1.165) is 57.0 Å². The van der Waals surface area contributed by atoms with Gasteiger partial charge in [-0.05, 0) is 151 Å². The molecule has 0 aliphatic rings. The minimum atomic E-state index is 0.289. The van der Waals surface area contributed by atoms with Crippen molar-refractivity contribution in [3.05, 3.63) is 254 Å². The minimum Gasteiger partial charge on any atom is -0.310 e. The molecule has 0 aliphatic heterocycles. The molecule has 2 nitrogen and oxygen atoms in total. The highest BCUT2D eigenvalue weighted by molar-refractivity contribution is 6.10. The van der Waals surface area contributed by atoms with E-state index in [0.29, 0.717) is 0 Å². The van der Waals surface area contributed by atoms with Crippen LogP contribution >= 0.6 is 0 Å². The molecule has 0 bridgehead atoms.